The van der Waals surface area contributed by atoms with Gasteiger partial charge in [0.1, 0.15) is 5.60 Å². The summed E-state index contributed by atoms with van der Waals surface area (Å²) in [6.07, 6.45) is -2.79. The van der Waals surface area contributed by atoms with Crippen molar-refractivity contribution in [1.29, 1.82) is 0 Å². The molecule has 0 spiro atoms. The summed E-state index contributed by atoms with van der Waals surface area (Å²) in [5.74, 6) is -4.76. The zero-order valence-electron chi connectivity index (χ0n) is 18.9. The summed E-state index contributed by atoms with van der Waals surface area (Å²) in [5.41, 5.74) is -0.572. The standard InChI is InChI=1S/C21H26F5N5O3/c1-19(2,3)34-18(32)30-9-12-6-7-13(10-30)15(12)27-17-28-16-14(5-4-8-31(16)29-17)33-11-20(22,23)21(24,25)26/h4-5,8,12-13,15H,6-7,9-11H2,1-3H3,(H,27,29)/t12-,13+,15?. The van der Waals surface area contributed by atoms with Crippen molar-refractivity contribution in [2.24, 2.45) is 11.8 Å². The summed E-state index contributed by atoms with van der Waals surface area (Å²) in [5, 5.41) is 7.52. The monoisotopic (exact) mass is 491 g/mol. The van der Waals surface area contributed by atoms with Crippen LogP contribution in [0.5, 0.6) is 5.75 Å². The molecule has 4 rings (SSSR count). The van der Waals surface area contributed by atoms with Gasteiger partial charge in [0, 0.05) is 25.3 Å². The van der Waals surface area contributed by atoms with Crippen LogP contribution in [0.1, 0.15) is 33.6 Å². The van der Waals surface area contributed by atoms with Crippen molar-refractivity contribution in [2.45, 2.75) is 57.4 Å². The number of carbonyl (C=O) groups excluding carboxylic acids is 1. The number of fused-ring (bicyclic) bond motifs is 3. The van der Waals surface area contributed by atoms with Crippen LogP contribution in [-0.4, -0.2) is 69.0 Å². The van der Waals surface area contributed by atoms with Gasteiger partial charge in [0.25, 0.3) is 0 Å². The predicted molar refractivity (Wildman–Crippen MR) is 111 cm³/mol. The summed E-state index contributed by atoms with van der Waals surface area (Å²) in [7, 11) is 0. The third-order valence-corrected chi connectivity index (χ3v) is 5.93. The number of rotatable bonds is 5. The third-order valence-electron chi connectivity index (χ3n) is 5.93. The Labute approximate surface area is 192 Å². The Morgan fingerprint density at radius 3 is 2.38 bits per heavy atom. The fourth-order valence-electron chi connectivity index (χ4n) is 4.39. The van der Waals surface area contributed by atoms with Gasteiger partial charge in [-0.15, -0.1) is 5.10 Å². The van der Waals surface area contributed by atoms with Crippen molar-refractivity contribution in [3.8, 4) is 5.75 Å². The number of ether oxygens (including phenoxy) is 2. The summed E-state index contributed by atoms with van der Waals surface area (Å²) in [6.45, 7) is 4.59. The maximum atomic E-state index is 13.3. The van der Waals surface area contributed by atoms with Crippen LogP contribution in [0.25, 0.3) is 5.65 Å². The van der Waals surface area contributed by atoms with E-state index in [1.54, 1.807) is 4.90 Å². The lowest BCUT2D eigenvalue weighted by molar-refractivity contribution is -0.289. The first-order valence-corrected chi connectivity index (χ1v) is 10.9. The van der Waals surface area contributed by atoms with Gasteiger partial charge in [0.15, 0.2) is 18.0 Å². The van der Waals surface area contributed by atoms with E-state index in [2.05, 4.69) is 15.4 Å². The highest BCUT2D eigenvalue weighted by Gasteiger charge is 2.58. The smallest absolute Gasteiger partial charge is 0.456 e. The minimum absolute atomic E-state index is 0.0153. The SMILES string of the molecule is CC(C)(C)OC(=O)N1C[C@H]2CC[C@@H](C1)C2Nc1nc2c(OCC(F)(F)C(F)(F)F)cccn2n1. The molecule has 188 valence electrons. The van der Waals surface area contributed by atoms with Gasteiger partial charge in [-0.25, -0.2) is 9.31 Å². The van der Waals surface area contributed by atoms with Gasteiger partial charge in [-0.3, -0.25) is 0 Å². The molecule has 1 unspecified atom stereocenters. The molecule has 2 aliphatic rings. The molecular formula is C21H26F5N5O3. The molecule has 2 aromatic rings. The predicted octanol–water partition coefficient (Wildman–Crippen LogP) is 4.36. The molecule has 0 radical (unpaired) electrons. The minimum Gasteiger partial charge on any atom is -0.483 e. The van der Waals surface area contributed by atoms with Crippen molar-refractivity contribution in [3.63, 3.8) is 0 Å². The van der Waals surface area contributed by atoms with E-state index in [4.69, 9.17) is 9.47 Å². The lowest BCUT2D eigenvalue weighted by atomic mass is 9.92. The van der Waals surface area contributed by atoms with E-state index in [9.17, 15) is 26.7 Å². The molecule has 13 heteroatoms. The van der Waals surface area contributed by atoms with E-state index in [0.717, 1.165) is 12.8 Å². The molecule has 3 atom stereocenters. The minimum atomic E-state index is -5.72. The Morgan fingerprint density at radius 1 is 1.15 bits per heavy atom. The lowest BCUT2D eigenvalue weighted by Gasteiger charge is -2.38. The highest BCUT2D eigenvalue weighted by molar-refractivity contribution is 5.68. The number of nitrogens with zero attached hydrogens (tertiary/aromatic N) is 4. The fourth-order valence-corrected chi connectivity index (χ4v) is 4.39. The molecule has 2 bridgehead atoms. The maximum absolute atomic E-state index is 13.3. The molecule has 0 aromatic carbocycles. The highest BCUT2D eigenvalue weighted by atomic mass is 19.4. The first-order valence-electron chi connectivity index (χ1n) is 10.9. The van der Waals surface area contributed by atoms with Gasteiger partial charge in [-0.05, 0) is 57.6 Å². The Hall–Kier alpha value is -2.86. The van der Waals surface area contributed by atoms with Crippen LogP contribution in [0.4, 0.5) is 32.7 Å². The van der Waals surface area contributed by atoms with E-state index in [-0.39, 0.29) is 41.3 Å². The molecule has 1 aliphatic carbocycles. The average molecular weight is 491 g/mol. The number of alkyl halides is 5. The molecule has 1 N–H and O–H groups in total. The molecule has 34 heavy (non-hydrogen) atoms. The van der Waals surface area contributed by atoms with Crippen LogP contribution in [0.2, 0.25) is 0 Å². The number of likely N-dealkylation sites (tertiary alicyclic amines) is 1. The van der Waals surface area contributed by atoms with Crippen LogP contribution < -0.4 is 10.1 Å². The van der Waals surface area contributed by atoms with E-state index < -0.39 is 24.3 Å². The molecule has 8 nitrogen and oxygen atoms in total. The lowest BCUT2D eigenvalue weighted by Crippen LogP contribution is -2.51. The van der Waals surface area contributed by atoms with E-state index in [1.165, 1.54) is 22.8 Å². The van der Waals surface area contributed by atoms with Gasteiger partial charge < -0.3 is 19.7 Å². The second-order valence-electron chi connectivity index (χ2n) is 9.72. The normalized spacial score (nSPS) is 23.3. The van der Waals surface area contributed by atoms with Crippen molar-refractivity contribution in [3.05, 3.63) is 18.3 Å². The Kier molecular flexibility index (Phi) is 6.01. The number of hydrogen-bond donors (Lipinski definition) is 1. The molecule has 2 fully saturated rings. The maximum Gasteiger partial charge on any atom is 0.456 e. The third kappa shape index (κ3) is 4.97. The topological polar surface area (TPSA) is 81.0 Å². The number of anilines is 1. The van der Waals surface area contributed by atoms with Crippen LogP contribution in [-0.2, 0) is 4.74 Å². The van der Waals surface area contributed by atoms with E-state index in [0.29, 0.717) is 13.1 Å². The van der Waals surface area contributed by atoms with Gasteiger partial charge in [0.2, 0.25) is 5.95 Å². The molecular weight excluding hydrogens is 465 g/mol. The van der Waals surface area contributed by atoms with Crippen LogP contribution >= 0.6 is 0 Å². The summed E-state index contributed by atoms with van der Waals surface area (Å²) in [4.78, 5) is 18.4. The van der Waals surface area contributed by atoms with Crippen LogP contribution in [0.15, 0.2) is 18.3 Å². The van der Waals surface area contributed by atoms with Crippen molar-refractivity contribution < 1.29 is 36.2 Å². The number of piperidine rings is 1. The quantitative estimate of drug-likeness (QED) is 0.626. The van der Waals surface area contributed by atoms with Crippen LogP contribution in [0.3, 0.4) is 0 Å². The van der Waals surface area contributed by atoms with Gasteiger partial charge in [-0.1, -0.05) is 0 Å². The Balaban J connectivity index is 1.45. The molecule has 1 aliphatic heterocycles. The second-order valence-corrected chi connectivity index (χ2v) is 9.72. The number of halogens is 5. The summed E-state index contributed by atoms with van der Waals surface area (Å²) >= 11 is 0. The molecule has 2 aromatic heterocycles. The summed E-state index contributed by atoms with van der Waals surface area (Å²) in [6, 6.07) is 2.65. The number of pyridine rings is 1. The number of carbonyl (C=O) groups is 1. The average Bonchev–Trinajstić information content (AvgIpc) is 3.20. The second kappa shape index (κ2) is 8.42. The molecule has 1 saturated heterocycles. The highest BCUT2D eigenvalue weighted by Crippen LogP contribution is 2.39. The van der Waals surface area contributed by atoms with Crippen molar-refractivity contribution >= 4 is 17.7 Å². The van der Waals surface area contributed by atoms with Gasteiger partial charge >= 0.3 is 18.2 Å². The molecule has 1 saturated carbocycles. The van der Waals surface area contributed by atoms with Crippen molar-refractivity contribution in [1.82, 2.24) is 19.5 Å². The van der Waals surface area contributed by atoms with Gasteiger partial charge in [-0.2, -0.15) is 26.9 Å². The molecule has 3 heterocycles. The number of nitrogens with one attached hydrogen (secondary N) is 1. The number of hydrogen-bond acceptors (Lipinski definition) is 6. The van der Waals surface area contributed by atoms with E-state index in [1.807, 2.05) is 20.8 Å². The molecule has 1 amide bonds. The fraction of sp³-hybridized carbons (Fsp3) is 0.667. The summed E-state index contributed by atoms with van der Waals surface area (Å²) < 4.78 is 75.4. The first-order chi connectivity index (χ1) is 15.7. The largest absolute Gasteiger partial charge is 0.483 e. The van der Waals surface area contributed by atoms with Gasteiger partial charge in [0.05, 0.1) is 0 Å². The Bertz CT molecular complexity index is 1040. The number of aromatic nitrogens is 3. The zero-order valence-corrected chi connectivity index (χ0v) is 18.9. The zero-order chi connectivity index (χ0) is 24.9. The van der Waals surface area contributed by atoms with Crippen LogP contribution in [0, 0.1) is 11.8 Å². The first kappa shape index (κ1) is 24.3. The van der Waals surface area contributed by atoms with E-state index >= 15 is 0 Å². The Morgan fingerprint density at radius 2 is 1.79 bits per heavy atom. The van der Waals surface area contributed by atoms with Crippen molar-refractivity contribution in [2.75, 3.05) is 25.0 Å². The number of amides is 1.